The minimum Gasteiger partial charge on any atom is -0.457 e. The lowest BCUT2D eigenvalue weighted by molar-refractivity contribution is 0.0776. The van der Waals surface area contributed by atoms with Crippen molar-refractivity contribution >= 4 is 16.9 Å². The van der Waals surface area contributed by atoms with Gasteiger partial charge in [0, 0.05) is 18.0 Å². The quantitative estimate of drug-likeness (QED) is 0.345. The van der Waals surface area contributed by atoms with Gasteiger partial charge in [-0.05, 0) is 104 Å². The molecule has 4 aromatic rings. The molecular formula is C28H26FNO4. The molecular weight excluding hydrogens is 433 g/mol. The highest BCUT2D eigenvalue weighted by Crippen LogP contribution is 2.47. The zero-order chi connectivity index (χ0) is 24.0. The number of hydrogen-bond donors (Lipinski definition) is 2. The maximum absolute atomic E-state index is 13.1. The summed E-state index contributed by atoms with van der Waals surface area (Å²) in [7, 11) is 1.59. The number of hydrogen-bond acceptors (Lipinski definition) is 4. The maximum atomic E-state index is 13.1. The zero-order valence-electron chi connectivity index (χ0n) is 19.3. The number of benzene rings is 3. The van der Waals surface area contributed by atoms with Crippen LogP contribution in [0.5, 0.6) is 11.5 Å². The Hall–Kier alpha value is -3.64. The molecule has 0 bridgehead atoms. The number of aliphatic hydroxyl groups is 1. The molecule has 1 amide bonds. The number of carbonyl (C=O) groups excluding carboxylic acids is 1. The summed E-state index contributed by atoms with van der Waals surface area (Å²) in [5.74, 6) is 1.39. The van der Waals surface area contributed by atoms with Crippen LogP contribution in [0.1, 0.15) is 54.1 Å². The summed E-state index contributed by atoms with van der Waals surface area (Å²) < 4.78 is 25.1. The third-order valence-corrected chi connectivity index (χ3v) is 6.16. The normalized spacial score (nSPS) is 13.8. The number of rotatable bonds is 6. The smallest absolute Gasteiger partial charge is 0.255 e. The molecule has 3 aromatic carbocycles. The number of nitrogens with one attached hydrogen (secondary N) is 1. The van der Waals surface area contributed by atoms with Gasteiger partial charge in [0.1, 0.15) is 28.7 Å². The van der Waals surface area contributed by atoms with Crippen molar-refractivity contribution in [2.45, 2.75) is 38.2 Å². The zero-order valence-corrected chi connectivity index (χ0v) is 19.3. The lowest BCUT2D eigenvalue weighted by atomic mass is 9.89. The van der Waals surface area contributed by atoms with Crippen LogP contribution in [0.3, 0.4) is 0 Å². The molecule has 1 aromatic heterocycles. The molecule has 0 unspecified atom stereocenters. The molecule has 0 atom stereocenters. The van der Waals surface area contributed by atoms with E-state index < -0.39 is 5.60 Å². The highest BCUT2D eigenvalue weighted by atomic mass is 19.1. The van der Waals surface area contributed by atoms with Gasteiger partial charge in [-0.2, -0.15) is 0 Å². The molecule has 0 spiro atoms. The highest BCUT2D eigenvalue weighted by molar-refractivity contribution is 6.11. The molecule has 34 heavy (non-hydrogen) atoms. The van der Waals surface area contributed by atoms with E-state index in [1.165, 1.54) is 12.1 Å². The summed E-state index contributed by atoms with van der Waals surface area (Å²) in [5.41, 5.74) is 2.62. The fourth-order valence-electron chi connectivity index (χ4n) is 4.29. The Morgan fingerprint density at radius 2 is 1.68 bits per heavy atom. The van der Waals surface area contributed by atoms with E-state index in [1.807, 2.05) is 24.3 Å². The van der Waals surface area contributed by atoms with Crippen molar-refractivity contribution in [1.29, 1.82) is 0 Å². The van der Waals surface area contributed by atoms with Gasteiger partial charge in [0.05, 0.1) is 11.2 Å². The second kappa shape index (κ2) is 8.29. The monoisotopic (exact) mass is 459 g/mol. The summed E-state index contributed by atoms with van der Waals surface area (Å²) in [6, 6.07) is 16.9. The first-order valence-corrected chi connectivity index (χ1v) is 11.3. The van der Waals surface area contributed by atoms with E-state index >= 15 is 0 Å². The first-order valence-electron chi connectivity index (χ1n) is 11.3. The van der Waals surface area contributed by atoms with Crippen LogP contribution in [0.4, 0.5) is 4.39 Å². The van der Waals surface area contributed by atoms with Crippen molar-refractivity contribution in [3.05, 3.63) is 83.2 Å². The van der Waals surface area contributed by atoms with Gasteiger partial charge in [0.2, 0.25) is 0 Å². The first kappa shape index (κ1) is 22.2. The largest absolute Gasteiger partial charge is 0.457 e. The average molecular weight is 460 g/mol. The fourth-order valence-corrected chi connectivity index (χ4v) is 4.29. The van der Waals surface area contributed by atoms with E-state index in [2.05, 4.69) is 5.32 Å². The van der Waals surface area contributed by atoms with Crippen LogP contribution in [0, 0.1) is 5.82 Å². The summed E-state index contributed by atoms with van der Waals surface area (Å²) in [4.78, 5) is 12.9. The molecule has 2 N–H and O–H groups in total. The predicted octanol–water partition coefficient (Wildman–Crippen LogP) is 6.50. The topological polar surface area (TPSA) is 71.7 Å². The third-order valence-electron chi connectivity index (χ3n) is 6.16. The van der Waals surface area contributed by atoms with Gasteiger partial charge in [0.25, 0.3) is 5.91 Å². The Labute approximate surface area is 197 Å². The molecule has 0 aliphatic heterocycles. The Morgan fingerprint density at radius 1 is 1.06 bits per heavy atom. The van der Waals surface area contributed by atoms with Crippen LogP contribution in [0.15, 0.2) is 65.1 Å². The van der Waals surface area contributed by atoms with Crippen LogP contribution in [-0.4, -0.2) is 18.1 Å². The number of carbonyl (C=O) groups is 1. The minimum atomic E-state index is -1.02. The molecule has 1 aliphatic carbocycles. The van der Waals surface area contributed by atoms with Crippen molar-refractivity contribution < 1.29 is 23.4 Å². The number of furan rings is 1. The number of amides is 1. The fraction of sp³-hybridized carbons (Fsp3) is 0.250. The average Bonchev–Trinajstić information content (AvgIpc) is 3.59. The molecule has 5 nitrogen and oxygen atoms in total. The highest BCUT2D eigenvalue weighted by Gasteiger charge is 2.33. The molecule has 1 heterocycles. The van der Waals surface area contributed by atoms with E-state index in [0.717, 1.165) is 34.9 Å². The van der Waals surface area contributed by atoms with E-state index in [4.69, 9.17) is 9.15 Å². The Balaban J connectivity index is 1.58. The second-order valence-electron chi connectivity index (χ2n) is 9.23. The SMILES string of the molecule is CNC(=O)c1c(-c2ccc(Oc3ccc(F)cc3)cc2)oc2cc(C(C)(C)O)c(C3CC3)cc12. The van der Waals surface area contributed by atoms with Crippen molar-refractivity contribution in [3.8, 4) is 22.8 Å². The van der Waals surface area contributed by atoms with Gasteiger partial charge in [-0.25, -0.2) is 4.39 Å². The minimum absolute atomic E-state index is 0.238. The van der Waals surface area contributed by atoms with E-state index in [0.29, 0.717) is 34.3 Å². The molecule has 6 heteroatoms. The number of fused-ring (bicyclic) bond motifs is 1. The van der Waals surface area contributed by atoms with Crippen molar-refractivity contribution in [2.24, 2.45) is 0 Å². The van der Waals surface area contributed by atoms with Crippen molar-refractivity contribution in [1.82, 2.24) is 5.32 Å². The molecule has 5 rings (SSSR count). The second-order valence-corrected chi connectivity index (χ2v) is 9.23. The molecule has 1 aliphatic rings. The summed E-state index contributed by atoms with van der Waals surface area (Å²) >= 11 is 0. The summed E-state index contributed by atoms with van der Waals surface area (Å²) in [5, 5.41) is 14.2. The lowest BCUT2D eigenvalue weighted by Crippen LogP contribution is -2.19. The van der Waals surface area contributed by atoms with E-state index in [9.17, 15) is 14.3 Å². The number of ether oxygens (including phenoxy) is 1. The van der Waals surface area contributed by atoms with Crippen LogP contribution in [-0.2, 0) is 5.60 Å². The predicted molar refractivity (Wildman–Crippen MR) is 129 cm³/mol. The van der Waals surface area contributed by atoms with Gasteiger partial charge < -0.3 is 19.6 Å². The van der Waals surface area contributed by atoms with E-state index in [-0.39, 0.29) is 11.7 Å². The maximum Gasteiger partial charge on any atom is 0.255 e. The molecule has 0 radical (unpaired) electrons. The van der Waals surface area contributed by atoms with Crippen molar-refractivity contribution in [2.75, 3.05) is 7.05 Å². The third kappa shape index (κ3) is 4.17. The summed E-state index contributed by atoms with van der Waals surface area (Å²) in [6.07, 6.45) is 2.15. The van der Waals surface area contributed by atoms with Gasteiger partial charge in [-0.1, -0.05) is 0 Å². The van der Waals surface area contributed by atoms with Crippen LogP contribution < -0.4 is 10.1 Å². The Kier molecular flexibility index (Phi) is 5.41. The lowest BCUT2D eigenvalue weighted by Gasteiger charge is -2.21. The Bertz CT molecular complexity index is 1360. The van der Waals surface area contributed by atoms with Crippen molar-refractivity contribution in [3.63, 3.8) is 0 Å². The molecule has 174 valence electrons. The molecule has 1 fully saturated rings. The van der Waals surface area contributed by atoms with E-state index in [1.54, 1.807) is 45.2 Å². The standard InChI is InChI=1S/C28H26FNO4/c1-28(2,32)23-15-24-22(14-21(23)16-4-5-16)25(27(31)30-3)26(34-24)17-6-10-19(11-7-17)33-20-12-8-18(29)9-13-20/h6-16,32H,4-5H2,1-3H3,(H,30,31). The molecule has 0 saturated heterocycles. The first-order chi connectivity index (χ1) is 16.2. The van der Waals surface area contributed by atoms with Crippen LogP contribution in [0.2, 0.25) is 0 Å². The van der Waals surface area contributed by atoms with Crippen LogP contribution >= 0.6 is 0 Å². The number of halogens is 1. The van der Waals surface area contributed by atoms with Gasteiger partial charge in [-0.15, -0.1) is 0 Å². The Morgan fingerprint density at radius 3 is 2.24 bits per heavy atom. The van der Waals surface area contributed by atoms with Gasteiger partial charge in [0.15, 0.2) is 0 Å². The van der Waals surface area contributed by atoms with Crippen LogP contribution in [0.25, 0.3) is 22.3 Å². The molecule has 1 saturated carbocycles. The van der Waals surface area contributed by atoms with Gasteiger partial charge in [-0.3, -0.25) is 4.79 Å². The summed E-state index contributed by atoms with van der Waals surface area (Å²) in [6.45, 7) is 3.53. The van der Waals surface area contributed by atoms with Gasteiger partial charge >= 0.3 is 0 Å².